The zero-order valence-electron chi connectivity index (χ0n) is 17.3. The third-order valence-corrected chi connectivity index (χ3v) is 5.82. The largest absolute Gasteiger partial charge is 0.361 e. The smallest absolute Gasteiger partial charge is 0.270 e. The maximum atomic E-state index is 12.7. The lowest BCUT2D eigenvalue weighted by molar-refractivity contribution is 0.0845. The third kappa shape index (κ3) is 4.67. The number of rotatable bonds is 6. The van der Waals surface area contributed by atoms with Crippen molar-refractivity contribution in [2.24, 2.45) is 0 Å². The van der Waals surface area contributed by atoms with Crippen molar-refractivity contribution in [1.82, 2.24) is 36.2 Å². The van der Waals surface area contributed by atoms with Gasteiger partial charge in [-0.1, -0.05) is 17.3 Å². The molecule has 0 radical (unpaired) electrons. The molecular weight excluding hydrogens is 430 g/mol. The molecule has 2 aromatic carbocycles. The Morgan fingerprint density at radius 1 is 1.03 bits per heavy atom. The summed E-state index contributed by atoms with van der Waals surface area (Å²) in [6.45, 7) is 3.75. The van der Waals surface area contributed by atoms with Crippen LogP contribution in [0.2, 0.25) is 0 Å². The second-order valence-corrected chi connectivity index (χ2v) is 7.81. The van der Waals surface area contributed by atoms with Crippen LogP contribution in [0.15, 0.2) is 64.3 Å². The SMILES string of the molecule is Cc1noc(C)c1CSc1ccccc1C(=O)NNC(=O)c1ccc(-n2cnnn2)cc1. The first-order chi connectivity index (χ1) is 15.5. The molecule has 4 aromatic rings. The molecular formula is C21H19N7O3S. The van der Waals surface area contributed by atoms with Crippen LogP contribution in [0.1, 0.15) is 37.7 Å². The lowest BCUT2D eigenvalue weighted by Gasteiger charge is -2.11. The lowest BCUT2D eigenvalue weighted by atomic mass is 10.2. The molecule has 0 aliphatic carbocycles. The average Bonchev–Trinajstić information content (AvgIpc) is 3.46. The second-order valence-electron chi connectivity index (χ2n) is 6.80. The fraction of sp³-hybridized carbons (Fsp3) is 0.143. The highest BCUT2D eigenvalue weighted by Gasteiger charge is 2.15. The number of aryl methyl sites for hydroxylation is 2. The molecule has 0 atom stereocenters. The Balaban J connectivity index is 1.38. The number of benzene rings is 2. The molecule has 2 heterocycles. The number of carbonyl (C=O) groups is 2. The summed E-state index contributed by atoms with van der Waals surface area (Å²) in [7, 11) is 0. The van der Waals surface area contributed by atoms with E-state index in [-0.39, 0.29) is 0 Å². The molecule has 0 spiro atoms. The Kier molecular flexibility index (Phi) is 6.26. The number of aromatic nitrogens is 5. The number of hydrogen-bond donors (Lipinski definition) is 2. The number of hydrogen-bond acceptors (Lipinski definition) is 8. The minimum absolute atomic E-state index is 0.378. The first-order valence-corrected chi connectivity index (χ1v) is 10.6. The van der Waals surface area contributed by atoms with Gasteiger partial charge in [-0.15, -0.1) is 16.9 Å². The van der Waals surface area contributed by atoms with Crippen LogP contribution in [0, 0.1) is 13.8 Å². The fourth-order valence-electron chi connectivity index (χ4n) is 2.94. The number of nitrogens with one attached hydrogen (secondary N) is 2. The highest BCUT2D eigenvalue weighted by Crippen LogP contribution is 2.28. The molecule has 0 aliphatic heterocycles. The number of amides is 2. The second kappa shape index (κ2) is 9.43. The molecule has 32 heavy (non-hydrogen) atoms. The minimum Gasteiger partial charge on any atom is -0.361 e. The van der Waals surface area contributed by atoms with Gasteiger partial charge >= 0.3 is 0 Å². The molecule has 11 heteroatoms. The van der Waals surface area contributed by atoms with Crippen LogP contribution >= 0.6 is 11.8 Å². The van der Waals surface area contributed by atoms with Gasteiger partial charge in [-0.05, 0) is 60.7 Å². The Labute approximate surface area is 187 Å². The van der Waals surface area contributed by atoms with Gasteiger partial charge in [0.1, 0.15) is 12.1 Å². The average molecular weight is 449 g/mol. The fourth-order valence-corrected chi connectivity index (χ4v) is 4.14. The van der Waals surface area contributed by atoms with Crippen molar-refractivity contribution in [1.29, 1.82) is 0 Å². The van der Waals surface area contributed by atoms with Crippen molar-refractivity contribution < 1.29 is 14.1 Å². The van der Waals surface area contributed by atoms with Crippen LogP contribution in [0.25, 0.3) is 5.69 Å². The zero-order chi connectivity index (χ0) is 22.5. The molecule has 2 amide bonds. The molecule has 0 bridgehead atoms. The van der Waals surface area contributed by atoms with Crippen LogP contribution in [0.4, 0.5) is 0 Å². The van der Waals surface area contributed by atoms with E-state index in [2.05, 4.69) is 31.5 Å². The summed E-state index contributed by atoms with van der Waals surface area (Å²) in [4.78, 5) is 25.9. The molecule has 0 fully saturated rings. The Bertz CT molecular complexity index is 1220. The van der Waals surface area contributed by atoms with Crippen LogP contribution in [0.3, 0.4) is 0 Å². The number of thioether (sulfide) groups is 1. The summed E-state index contributed by atoms with van der Waals surface area (Å²) in [6.07, 6.45) is 1.45. The Hall–Kier alpha value is -3.99. The lowest BCUT2D eigenvalue weighted by Crippen LogP contribution is -2.41. The topological polar surface area (TPSA) is 128 Å². The van der Waals surface area contributed by atoms with Crippen molar-refractivity contribution >= 4 is 23.6 Å². The van der Waals surface area contributed by atoms with E-state index in [1.165, 1.54) is 22.8 Å². The van der Waals surface area contributed by atoms with Gasteiger partial charge in [0.05, 0.1) is 16.9 Å². The molecule has 0 aliphatic rings. The van der Waals surface area contributed by atoms with E-state index in [1.807, 2.05) is 26.0 Å². The van der Waals surface area contributed by atoms with Gasteiger partial charge in [-0.2, -0.15) is 0 Å². The predicted octanol–water partition coefficient (Wildman–Crippen LogP) is 2.63. The monoisotopic (exact) mass is 449 g/mol. The normalized spacial score (nSPS) is 10.7. The van der Waals surface area contributed by atoms with Gasteiger partial charge in [0.15, 0.2) is 0 Å². The molecule has 162 valence electrons. The summed E-state index contributed by atoms with van der Waals surface area (Å²) in [5.41, 5.74) is 8.30. The van der Waals surface area contributed by atoms with E-state index in [4.69, 9.17) is 4.52 Å². The van der Waals surface area contributed by atoms with E-state index in [1.54, 1.807) is 36.4 Å². The number of carbonyl (C=O) groups excluding carboxylic acids is 2. The van der Waals surface area contributed by atoms with E-state index >= 15 is 0 Å². The van der Waals surface area contributed by atoms with Crippen molar-refractivity contribution in [2.75, 3.05) is 0 Å². The van der Waals surface area contributed by atoms with Gasteiger partial charge in [0.25, 0.3) is 11.8 Å². The highest BCUT2D eigenvalue weighted by molar-refractivity contribution is 7.98. The summed E-state index contributed by atoms with van der Waals surface area (Å²) in [5.74, 6) is 0.522. The highest BCUT2D eigenvalue weighted by atomic mass is 32.2. The first kappa shape index (κ1) is 21.2. The van der Waals surface area contributed by atoms with Crippen LogP contribution in [-0.2, 0) is 5.75 Å². The molecule has 0 saturated carbocycles. The summed E-state index contributed by atoms with van der Waals surface area (Å²) < 4.78 is 6.67. The van der Waals surface area contributed by atoms with Crippen molar-refractivity contribution in [3.63, 3.8) is 0 Å². The minimum atomic E-state index is -0.442. The van der Waals surface area contributed by atoms with Crippen molar-refractivity contribution in [3.8, 4) is 5.69 Å². The van der Waals surface area contributed by atoms with E-state index in [0.717, 1.165) is 21.9 Å². The van der Waals surface area contributed by atoms with E-state index in [0.29, 0.717) is 22.6 Å². The first-order valence-electron chi connectivity index (χ1n) is 9.60. The van der Waals surface area contributed by atoms with E-state index in [9.17, 15) is 9.59 Å². The molecule has 0 saturated heterocycles. The summed E-state index contributed by atoms with van der Waals surface area (Å²) in [6, 6.07) is 13.8. The molecule has 4 rings (SSSR count). The van der Waals surface area contributed by atoms with Crippen LogP contribution in [0.5, 0.6) is 0 Å². The van der Waals surface area contributed by atoms with Crippen LogP contribution < -0.4 is 10.9 Å². The van der Waals surface area contributed by atoms with Gasteiger partial charge < -0.3 is 4.52 Å². The van der Waals surface area contributed by atoms with Gasteiger partial charge in [-0.3, -0.25) is 20.4 Å². The Morgan fingerprint density at radius 3 is 2.47 bits per heavy atom. The maximum Gasteiger partial charge on any atom is 0.270 e. The number of nitrogens with zero attached hydrogens (tertiary/aromatic N) is 5. The maximum absolute atomic E-state index is 12.7. The standard InChI is InChI=1S/C21H19N7O3S/c1-13-18(14(2)31-25-13)11-32-19-6-4-3-5-17(19)21(30)24-23-20(29)15-7-9-16(10-8-15)28-12-22-26-27-28/h3-10,12H,11H2,1-2H3,(H,23,29)(H,24,30). The van der Waals surface area contributed by atoms with E-state index < -0.39 is 11.8 Å². The van der Waals surface area contributed by atoms with Crippen LogP contribution in [-0.4, -0.2) is 37.2 Å². The quantitative estimate of drug-likeness (QED) is 0.340. The molecule has 2 N–H and O–H groups in total. The number of tetrazole rings is 1. The summed E-state index contributed by atoms with van der Waals surface area (Å²) >= 11 is 1.50. The van der Waals surface area contributed by atoms with Crippen molar-refractivity contribution in [2.45, 2.75) is 24.5 Å². The van der Waals surface area contributed by atoms with Gasteiger partial charge in [0, 0.05) is 21.8 Å². The predicted molar refractivity (Wildman–Crippen MR) is 116 cm³/mol. The zero-order valence-corrected chi connectivity index (χ0v) is 18.1. The molecule has 2 aromatic heterocycles. The molecule has 0 unspecified atom stereocenters. The number of hydrazine groups is 1. The molecule has 10 nitrogen and oxygen atoms in total. The van der Waals surface area contributed by atoms with Gasteiger partial charge in [-0.25, -0.2) is 4.68 Å². The van der Waals surface area contributed by atoms with Crippen molar-refractivity contribution in [3.05, 3.63) is 83.0 Å². The third-order valence-electron chi connectivity index (χ3n) is 4.72. The van der Waals surface area contributed by atoms with Gasteiger partial charge in [0.2, 0.25) is 0 Å². The summed E-state index contributed by atoms with van der Waals surface area (Å²) in [5, 5.41) is 14.9. The Morgan fingerprint density at radius 2 is 1.78 bits per heavy atom.